The molecule has 0 amide bonds. The van der Waals surface area contributed by atoms with Crippen molar-refractivity contribution in [3.8, 4) is 22.3 Å². The zero-order chi connectivity index (χ0) is 38.9. The molecule has 0 radical (unpaired) electrons. The number of benzene rings is 10. The monoisotopic (exact) mass is 753 g/mol. The van der Waals surface area contributed by atoms with Gasteiger partial charge in [-0.15, -0.1) is 0 Å². The first-order valence-corrected chi connectivity index (χ1v) is 20.1. The predicted molar refractivity (Wildman–Crippen MR) is 246 cm³/mol. The molecule has 1 N–H and O–H groups in total. The maximum Gasteiger partial charge on any atom is 0.159 e. The summed E-state index contributed by atoms with van der Waals surface area (Å²) in [7, 11) is 0. The van der Waals surface area contributed by atoms with Gasteiger partial charge in [0.25, 0.3) is 0 Å². The van der Waals surface area contributed by atoms with Gasteiger partial charge in [-0.3, -0.25) is 0 Å². The van der Waals surface area contributed by atoms with Crippen LogP contribution in [0.4, 0.5) is 0 Å². The summed E-state index contributed by atoms with van der Waals surface area (Å²) in [5.74, 6) is 1.44. The average Bonchev–Trinajstić information content (AvgIpc) is 3.69. The smallest absolute Gasteiger partial charge is 0.159 e. The largest absolute Gasteiger partial charge is 0.456 e. The average molecular weight is 754 g/mol. The molecule has 1 aliphatic rings. The summed E-state index contributed by atoms with van der Waals surface area (Å²) < 4.78 is 6.69. The summed E-state index contributed by atoms with van der Waals surface area (Å²) in [6.07, 6.45) is -0.453. The molecular formula is C55H35N3O. The van der Waals surface area contributed by atoms with Crippen LogP contribution in [0, 0.1) is 0 Å². The van der Waals surface area contributed by atoms with E-state index in [-0.39, 0.29) is 0 Å². The van der Waals surface area contributed by atoms with Crippen LogP contribution in [0.2, 0.25) is 0 Å². The Balaban J connectivity index is 1.07. The first-order valence-electron chi connectivity index (χ1n) is 20.1. The van der Waals surface area contributed by atoms with Gasteiger partial charge in [0.15, 0.2) is 5.84 Å². The Morgan fingerprint density at radius 1 is 0.390 bits per heavy atom. The zero-order valence-corrected chi connectivity index (χ0v) is 31.9. The zero-order valence-electron chi connectivity index (χ0n) is 31.9. The molecule has 276 valence electrons. The van der Waals surface area contributed by atoms with Crippen molar-refractivity contribution in [2.45, 2.75) is 6.17 Å². The van der Waals surface area contributed by atoms with Crippen LogP contribution in [-0.2, 0) is 0 Å². The maximum atomic E-state index is 6.69. The Morgan fingerprint density at radius 3 is 1.93 bits per heavy atom. The fourth-order valence-corrected chi connectivity index (χ4v) is 8.96. The minimum Gasteiger partial charge on any atom is -0.456 e. The lowest BCUT2D eigenvalue weighted by atomic mass is 9.91. The molecule has 12 rings (SSSR count). The minimum absolute atomic E-state index is 0.453. The molecule has 4 nitrogen and oxygen atoms in total. The summed E-state index contributed by atoms with van der Waals surface area (Å²) in [6, 6.07) is 71.2. The third-order valence-electron chi connectivity index (χ3n) is 11.8. The van der Waals surface area contributed by atoms with Crippen LogP contribution in [0.5, 0.6) is 0 Å². The number of fused-ring (bicyclic) bond motifs is 9. The molecule has 0 bridgehead atoms. The topological polar surface area (TPSA) is 49.9 Å². The molecule has 1 atom stereocenters. The van der Waals surface area contributed by atoms with Crippen LogP contribution in [0.3, 0.4) is 0 Å². The van der Waals surface area contributed by atoms with E-state index in [9.17, 15) is 0 Å². The van der Waals surface area contributed by atoms with Gasteiger partial charge in [-0.1, -0.05) is 164 Å². The summed E-state index contributed by atoms with van der Waals surface area (Å²) >= 11 is 0. The maximum absolute atomic E-state index is 6.69. The molecule has 0 aliphatic carbocycles. The number of furan rings is 1. The van der Waals surface area contributed by atoms with Crippen LogP contribution in [0.15, 0.2) is 215 Å². The molecule has 10 aromatic carbocycles. The second kappa shape index (κ2) is 13.4. The molecule has 0 spiro atoms. The highest BCUT2D eigenvalue weighted by molar-refractivity contribution is 6.22. The predicted octanol–water partition coefficient (Wildman–Crippen LogP) is 14.0. The summed E-state index contributed by atoms with van der Waals surface area (Å²) in [5, 5.41) is 15.7. The molecule has 0 saturated heterocycles. The van der Waals surface area contributed by atoms with Crippen LogP contribution in [0.25, 0.3) is 87.3 Å². The van der Waals surface area contributed by atoms with Crippen molar-refractivity contribution in [2.24, 2.45) is 9.98 Å². The molecule has 11 aromatic rings. The van der Waals surface area contributed by atoms with Gasteiger partial charge in [0.2, 0.25) is 0 Å². The van der Waals surface area contributed by atoms with E-state index in [0.717, 1.165) is 72.1 Å². The van der Waals surface area contributed by atoms with E-state index in [2.05, 4.69) is 193 Å². The van der Waals surface area contributed by atoms with E-state index in [1.165, 1.54) is 37.7 Å². The van der Waals surface area contributed by atoms with Gasteiger partial charge in [0.05, 0.1) is 0 Å². The second-order valence-electron chi connectivity index (χ2n) is 15.4. The van der Waals surface area contributed by atoms with E-state index < -0.39 is 6.17 Å². The van der Waals surface area contributed by atoms with Gasteiger partial charge in [0, 0.05) is 27.5 Å². The van der Waals surface area contributed by atoms with Gasteiger partial charge >= 0.3 is 0 Å². The number of hydrogen-bond donors (Lipinski definition) is 1. The first-order chi connectivity index (χ1) is 29.2. The standard InChI is InChI=1S/C55H35N3O/c1-2-11-34(12-3-1)40-16-10-17-42(29-40)53-56-54(43-28-21-35-13-4-5-15-39(35)30-43)58-55(57-53)44-32-48(52-46-19-8-9-20-49(46)59-50(52)33-44)41-27-24-37-23-26-38-25-22-36-14-6-7-18-45(36)51(38)47(37)31-41/h1-33,55H,(H,56,57,58). The van der Waals surface area contributed by atoms with Crippen molar-refractivity contribution < 1.29 is 4.42 Å². The third kappa shape index (κ3) is 5.68. The summed E-state index contributed by atoms with van der Waals surface area (Å²) in [5.41, 5.74) is 9.10. The van der Waals surface area contributed by atoms with Crippen LogP contribution >= 0.6 is 0 Å². The fraction of sp³-hybridized carbons (Fsp3) is 0.0182. The van der Waals surface area contributed by atoms with Crippen LogP contribution in [-0.4, -0.2) is 11.7 Å². The Kier molecular flexibility index (Phi) is 7.57. The van der Waals surface area contributed by atoms with Crippen molar-refractivity contribution in [3.63, 3.8) is 0 Å². The normalized spacial score (nSPS) is 14.3. The van der Waals surface area contributed by atoms with E-state index in [1.54, 1.807) is 0 Å². The lowest BCUT2D eigenvalue weighted by molar-refractivity contribution is 0.655. The van der Waals surface area contributed by atoms with Crippen molar-refractivity contribution >= 4 is 76.7 Å². The van der Waals surface area contributed by atoms with Gasteiger partial charge in [-0.25, -0.2) is 9.98 Å². The number of aliphatic imine (C=N–C) groups is 2. The van der Waals surface area contributed by atoms with E-state index in [0.29, 0.717) is 5.84 Å². The molecule has 0 fully saturated rings. The van der Waals surface area contributed by atoms with Crippen LogP contribution in [0.1, 0.15) is 22.9 Å². The van der Waals surface area contributed by atoms with Gasteiger partial charge in [-0.05, 0) is 102 Å². The molecule has 4 heteroatoms. The minimum atomic E-state index is -0.453. The summed E-state index contributed by atoms with van der Waals surface area (Å²) in [6.45, 7) is 0. The number of rotatable bonds is 5. The van der Waals surface area contributed by atoms with Gasteiger partial charge in [-0.2, -0.15) is 0 Å². The van der Waals surface area contributed by atoms with Crippen molar-refractivity contribution in [1.82, 2.24) is 5.32 Å². The van der Waals surface area contributed by atoms with Crippen molar-refractivity contribution in [2.75, 3.05) is 0 Å². The third-order valence-corrected chi connectivity index (χ3v) is 11.8. The first kappa shape index (κ1) is 33.3. The lowest BCUT2D eigenvalue weighted by Crippen LogP contribution is -2.33. The quantitative estimate of drug-likeness (QED) is 0.178. The Morgan fingerprint density at radius 2 is 1.05 bits per heavy atom. The highest BCUT2D eigenvalue weighted by Crippen LogP contribution is 2.42. The lowest BCUT2D eigenvalue weighted by Gasteiger charge is -2.24. The summed E-state index contributed by atoms with van der Waals surface area (Å²) in [4.78, 5) is 10.6. The van der Waals surface area contributed by atoms with E-state index >= 15 is 0 Å². The van der Waals surface area contributed by atoms with E-state index in [4.69, 9.17) is 14.4 Å². The number of nitrogens with one attached hydrogen (secondary N) is 1. The molecule has 59 heavy (non-hydrogen) atoms. The molecule has 2 heterocycles. The SMILES string of the molecule is c1ccc(-c2cccc(C3=NC(c4cc(-c5ccc6ccc7ccc8ccccc8c7c6c5)c5c(c4)oc4ccccc45)NC(c4ccc5ccccc5c4)=N3)c2)cc1. The molecule has 1 unspecified atom stereocenters. The fourth-order valence-electron chi connectivity index (χ4n) is 8.96. The Labute approximate surface area is 340 Å². The highest BCUT2D eigenvalue weighted by atomic mass is 16.3. The van der Waals surface area contributed by atoms with Gasteiger partial charge < -0.3 is 9.73 Å². The number of hydrogen-bond acceptors (Lipinski definition) is 4. The number of para-hydroxylation sites is 1. The van der Waals surface area contributed by atoms with E-state index in [1.807, 2.05) is 12.1 Å². The molecule has 0 saturated carbocycles. The Bertz CT molecular complexity index is 3540. The highest BCUT2D eigenvalue weighted by Gasteiger charge is 2.25. The Hall–Kier alpha value is -7.82. The van der Waals surface area contributed by atoms with Gasteiger partial charge in [0.1, 0.15) is 23.2 Å². The van der Waals surface area contributed by atoms with Crippen molar-refractivity contribution in [3.05, 3.63) is 217 Å². The number of amidine groups is 2. The van der Waals surface area contributed by atoms with Crippen LogP contribution < -0.4 is 5.32 Å². The second-order valence-corrected chi connectivity index (χ2v) is 15.4. The molecule has 1 aliphatic heterocycles. The van der Waals surface area contributed by atoms with Crippen molar-refractivity contribution in [1.29, 1.82) is 0 Å². The number of nitrogens with zero attached hydrogens (tertiary/aromatic N) is 2. The molecular weight excluding hydrogens is 719 g/mol. The molecule has 1 aromatic heterocycles.